The lowest BCUT2D eigenvalue weighted by molar-refractivity contribution is 0.0695. The SMILES string of the molecule is Cc1noc(C)c1-c1cc2[nH]cc(C(=O)O)c(=O)c2cc1OP. The third-order valence-corrected chi connectivity index (χ3v) is 3.90. The number of aromatic amines is 1. The Morgan fingerprint density at radius 1 is 1.39 bits per heavy atom. The standard InChI is InChI=1S/C15H13N2O5P/c1-6-13(7(2)21-17-6)9-3-11-8(4-12(9)22-23)14(18)10(5-16-11)15(19)20/h3-5H,23H2,1-2H3,(H,16,18)(H,19,20). The van der Waals surface area contributed by atoms with Gasteiger partial charge < -0.3 is 19.1 Å². The van der Waals surface area contributed by atoms with Crippen LogP contribution in [0.2, 0.25) is 0 Å². The number of H-pyrrole nitrogens is 1. The summed E-state index contributed by atoms with van der Waals surface area (Å²) in [4.78, 5) is 26.2. The number of pyridine rings is 1. The van der Waals surface area contributed by atoms with Crippen molar-refractivity contribution in [3.05, 3.63) is 45.6 Å². The maximum Gasteiger partial charge on any atom is 0.341 e. The number of hydrogen-bond acceptors (Lipinski definition) is 5. The maximum atomic E-state index is 12.3. The van der Waals surface area contributed by atoms with Gasteiger partial charge in [-0.25, -0.2) is 4.79 Å². The van der Waals surface area contributed by atoms with Crippen molar-refractivity contribution in [2.75, 3.05) is 0 Å². The maximum absolute atomic E-state index is 12.3. The van der Waals surface area contributed by atoms with Crippen molar-refractivity contribution in [2.24, 2.45) is 0 Å². The summed E-state index contributed by atoms with van der Waals surface area (Å²) in [6.07, 6.45) is 1.19. The van der Waals surface area contributed by atoms with Gasteiger partial charge in [-0.2, -0.15) is 0 Å². The van der Waals surface area contributed by atoms with E-state index in [2.05, 4.69) is 19.6 Å². The Hall–Kier alpha value is -2.66. The minimum atomic E-state index is -1.28. The zero-order valence-corrected chi connectivity index (χ0v) is 13.5. The van der Waals surface area contributed by atoms with E-state index in [1.807, 2.05) is 0 Å². The molecule has 2 aromatic heterocycles. The number of fused-ring (bicyclic) bond motifs is 1. The van der Waals surface area contributed by atoms with Gasteiger partial charge in [0.1, 0.15) is 17.1 Å². The van der Waals surface area contributed by atoms with Crippen LogP contribution in [0.5, 0.6) is 5.75 Å². The summed E-state index contributed by atoms with van der Waals surface area (Å²) in [5.74, 6) is -0.254. The van der Waals surface area contributed by atoms with Gasteiger partial charge >= 0.3 is 5.97 Å². The Kier molecular flexibility index (Phi) is 3.66. The minimum Gasteiger partial charge on any atom is -0.480 e. The number of hydrogen-bond donors (Lipinski definition) is 2. The summed E-state index contributed by atoms with van der Waals surface area (Å²) in [6.45, 7) is 3.58. The quantitative estimate of drug-likeness (QED) is 0.714. The Balaban J connectivity index is 2.36. The first-order valence-corrected chi connectivity index (χ1v) is 7.14. The molecule has 1 unspecified atom stereocenters. The van der Waals surface area contributed by atoms with Crippen LogP contribution in [-0.2, 0) is 0 Å². The molecule has 23 heavy (non-hydrogen) atoms. The van der Waals surface area contributed by atoms with Crippen LogP contribution in [0.1, 0.15) is 21.8 Å². The molecule has 0 amide bonds. The summed E-state index contributed by atoms with van der Waals surface area (Å²) in [5, 5.41) is 13.2. The van der Waals surface area contributed by atoms with Crippen LogP contribution in [0.3, 0.4) is 0 Å². The van der Waals surface area contributed by atoms with E-state index in [0.29, 0.717) is 28.3 Å². The Morgan fingerprint density at radius 2 is 2.13 bits per heavy atom. The number of rotatable bonds is 3. The highest BCUT2D eigenvalue weighted by Gasteiger charge is 2.19. The molecule has 0 radical (unpaired) electrons. The third-order valence-electron chi connectivity index (χ3n) is 3.64. The van der Waals surface area contributed by atoms with E-state index in [4.69, 9.17) is 14.2 Å². The molecule has 3 aromatic rings. The van der Waals surface area contributed by atoms with Crippen molar-refractivity contribution >= 4 is 26.3 Å². The summed E-state index contributed by atoms with van der Waals surface area (Å²) < 4.78 is 10.5. The second-order valence-corrected chi connectivity index (χ2v) is 5.28. The van der Waals surface area contributed by atoms with Crippen LogP contribution in [0.4, 0.5) is 0 Å². The molecule has 0 aliphatic carbocycles. The number of nitrogens with one attached hydrogen (secondary N) is 1. The number of carboxylic acid groups (broad SMARTS) is 1. The molecule has 1 atom stereocenters. The Labute approximate surface area is 132 Å². The van der Waals surface area contributed by atoms with E-state index in [1.54, 1.807) is 19.9 Å². The predicted octanol–water partition coefficient (Wildman–Crippen LogP) is 2.67. The van der Waals surface area contributed by atoms with E-state index >= 15 is 0 Å². The minimum absolute atomic E-state index is 0.234. The number of aryl methyl sites for hydroxylation is 2. The van der Waals surface area contributed by atoms with Gasteiger partial charge in [-0.15, -0.1) is 0 Å². The molecule has 0 bridgehead atoms. The van der Waals surface area contributed by atoms with Gasteiger partial charge in [-0.1, -0.05) is 5.16 Å². The molecule has 0 spiro atoms. The molecule has 0 saturated carbocycles. The fourth-order valence-electron chi connectivity index (χ4n) is 2.57. The van der Waals surface area contributed by atoms with Crippen molar-refractivity contribution in [3.8, 4) is 16.9 Å². The van der Waals surface area contributed by atoms with E-state index in [0.717, 1.165) is 5.56 Å². The molecule has 1 aromatic carbocycles. The van der Waals surface area contributed by atoms with E-state index in [-0.39, 0.29) is 10.9 Å². The molecule has 7 nitrogen and oxygen atoms in total. The van der Waals surface area contributed by atoms with Crippen molar-refractivity contribution < 1.29 is 18.9 Å². The first-order valence-electron chi connectivity index (χ1n) is 6.66. The lowest BCUT2D eigenvalue weighted by atomic mass is 10.0. The van der Waals surface area contributed by atoms with Crippen molar-refractivity contribution in [1.29, 1.82) is 0 Å². The normalized spacial score (nSPS) is 10.9. The predicted molar refractivity (Wildman–Crippen MR) is 86.8 cm³/mol. The van der Waals surface area contributed by atoms with E-state index in [1.165, 1.54) is 12.3 Å². The molecular weight excluding hydrogens is 319 g/mol. The van der Waals surface area contributed by atoms with Gasteiger partial charge in [0.05, 0.1) is 31.6 Å². The van der Waals surface area contributed by atoms with Gasteiger partial charge in [0.15, 0.2) is 0 Å². The molecule has 2 heterocycles. The fraction of sp³-hybridized carbons (Fsp3) is 0.133. The molecule has 8 heteroatoms. The van der Waals surface area contributed by atoms with Gasteiger partial charge in [0, 0.05) is 11.8 Å². The van der Waals surface area contributed by atoms with Crippen LogP contribution < -0.4 is 9.95 Å². The van der Waals surface area contributed by atoms with E-state index < -0.39 is 11.4 Å². The van der Waals surface area contributed by atoms with Gasteiger partial charge in [-0.05, 0) is 26.0 Å². The number of carboxylic acids is 1. The van der Waals surface area contributed by atoms with Crippen molar-refractivity contribution in [2.45, 2.75) is 13.8 Å². The van der Waals surface area contributed by atoms with Crippen LogP contribution in [0.25, 0.3) is 22.0 Å². The number of aromatic nitrogens is 2. The molecule has 0 aliphatic heterocycles. The zero-order valence-electron chi connectivity index (χ0n) is 12.3. The highest BCUT2D eigenvalue weighted by atomic mass is 31.0. The summed E-state index contributed by atoms with van der Waals surface area (Å²) in [7, 11) is 2.12. The van der Waals surface area contributed by atoms with Crippen LogP contribution >= 0.6 is 9.47 Å². The topological polar surface area (TPSA) is 105 Å². The molecule has 3 rings (SSSR count). The van der Waals surface area contributed by atoms with Crippen LogP contribution in [-0.4, -0.2) is 21.2 Å². The average molecular weight is 332 g/mol. The number of nitrogens with zero attached hydrogens (tertiary/aromatic N) is 1. The number of benzene rings is 1. The lowest BCUT2D eigenvalue weighted by Crippen LogP contribution is -2.15. The number of carbonyl (C=O) groups is 1. The first kappa shape index (κ1) is 15.2. The summed E-state index contributed by atoms with van der Waals surface area (Å²) in [5.41, 5.74) is 1.77. The fourth-order valence-corrected chi connectivity index (χ4v) is 2.76. The number of aromatic carboxylic acids is 1. The van der Waals surface area contributed by atoms with Crippen molar-refractivity contribution in [3.63, 3.8) is 0 Å². The lowest BCUT2D eigenvalue weighted by Gasteiger charge is -2.10. The molecule has 0 aliphatic rings. The molecule has 0 saturated heterocycles. The molecular formula is C15H13N2O5P. The molecule has 2 N–H and O–H groups in total. The molecule has 0 fully saturated rings. The Morgan fingerprint density at radius 3 is 2.70 bits per heavy atom. The second-order valence-electron chi connectivity index (χ2n) is 5.05. The summed E-state index contributed by atoms with van der Waals surface area (Å²) in [6, 6.07) is 3.23. The van der Waals surface area contributed by atoms with E-state index in [9.17, 15) is 9.59 Å². The molecule has 118 valence electrons. The highest BCUT2D eigenvalue weighted by Crippen LogP contribution is 2.37. The van der Waals surface area contributed by atoms with Crippen LogP contribution in [0, 0.1) is 13.8 Å². The van der Waals surface area contributed by atoms with Crippen molar-refractivity contribution in [1.82, 2.24) is 10.1 Å². The van der Waals surface area contributed by atoms with Gasteiger partial charge in [0.25, 0.3) is 0 Å². The zero-order chi connectivity index (χ0) is 16.7. The summed E-state index contributed by atoms with van der Waals surface area (Å²) >= 11 is 0. The van der Waals surface area contributed by atoms with Gasteiger partial charge in [0.2, 0.25) is 5.43 Å². The Bertz CT molecular complexity index is 970. The first-order chi connectivity index (χ1) is 10.9. The smallest absolute Gasteiger partial charge is 0.341 e. The largest absolute Gasteiger partial charge is 0.480 e. The van der Waals surface area contributed by atoms with Gasteiger partial charge in [-0.3, -0.25) is 4.79 Å². The monoisotopic (exact) mass is 332 g/mol. The third kappa shape index (κ3) is 2.39. The average Bonchev–Trinajstić information content (AvgIpc) is 2.85. The van der Waals surface area contributed by atoms with Crippen LogP contribution in [0.15, 0.2) is 27.6 Å². The highest BCUT2D eigenvalue weighted by molar-refractivity contribution is 7.10. The second kappa shape index (κ2) is 5.52.